The molecule has 2 rings (SSSR count). The molecule has 0 fully saturated rings. The van der Waals surface area contributed by atoms with Crippen molar-refractivity contribution in [3.05, 3.63) is 65.2 Å². The van der Waals surface area contributed by atoms with Gasteiger partial charge in [-0.25, -0.2) is 8.78 Å². The molecule has 2 nitrogen and oxygen atoms in total. The van der Waals surface area contributed by atoms with Gasteiger partial charge < -0.3 is 4.90 Å². The van der Waals surface area contributed by atoms with Crippen LogP contribution in [0.25, 0.3) is 0 Å². The third-order valence-electron chi connectivity index (χ3n) is 3.15. The molecule has 0 aliphatic rings. The first-order chi connectivity index (χ1) is 9.54. The number of hydrogen-bond acceptors (Lipinski definition) is 1. The van der Waals surface area contributed by atoms with Gasteiger partial charge in [-0.3, -0.25) is 4.79 Å². The molecule has 0 atom stereocenters. The molecule has 0 spiro atoms. The van der Waals surface area contributed by atoms with Crippen LogP contribution in [0.15, 0.2) is 42.5 Å². The largest absolute Gasteiger partial charge is 0.309 e. The Balaban J connectivity index is 2.39. The zero-order chi connectivity index (χ0) is 14.7. The van der Waals surface area contributed by atoms with Gasteiger partial charge >= 0.3 is 0 Å². The zero-order valence-corrected chi connectivity index (χ0v) is 11.4. The number of hydrogen-bond donors (Lipinski definition) is 0. The highest BCUT2D eigenvalue weighted by atomic mass is 19.2. The molecule has 0 saturated heterocycles. The maximum atomic E-state index is 13.3. The highest BCUT2D eigenvalue weighted by Crippen LogP contribution is 2.21. The van der Waals surface area contributed by atoms with Crippen molar-refractivity contribution in [2.24, 2.45) is 0 Å². The van der Waals surface area contributed by atoms with Crippen molar-refractivity contribution in [3.63, 3.8) is 0 Å². The molecule has 0 heterocycles. The van der Waals surface area contributed by atoms with E-state index < -0.39 is 11.6 Å². The second kappa shape index (κ2) is 5.82. The van der Waals surface area contributed by atoms with Gasteiger partial charge in [-0.15, -0.1) is 0 Å². The molecular weight excluding hydrogens is 260 g/mol. The minimum absolute atomic E-state index is 0.225. The normalized spacial score (nSPS) is 10.4. The Bertz CT molecular complexity index is 640. The summed E-state index contributed by atoms with van der Waals surface area (Å²) < 4.78 is 26.3. The third-order valence-corrected chi connectivity index (χ3v) is 3.15. The summed E-state index contributed by atoms with van der Waals surface area (Å²) in [5.74, 6) is -2.11. The Hall–Kier alpha value is -2.23. The number of carbonyl (C=O) groups is 1. The minimum atomic E-state index is -0.960. The molecule has 0 aliphatic carbocycles. The van der Waals surface area contributed by atoms with E-state index in [4.69, 9.17) is 0 Å². The van der Waals surface area contributed by atoms with Crippen LogP contribution in [0.1, 0.15) is 22.8 Å². The van der Waals surface area contributed by atoms with Gasteiger partial charge in [-0.05, 0) is 37.6 Å². The van der Waals surface area contributed by atoms with Gasteiger partial charge in [-0.2, -0.15) is 0 Å². The van der Waals surface area contributed by atoms with E-state index in [1.807, 2.05) is 19.1 Å². The summed E-state index contributed by atoms with van der Waals surface area (Å²) in [6.07, 6.45) is 0. The lowest BCUT2D eigenvalue weighted by Gasteiger charge is -2.22. The number of nitrogens with zero attached hydrogens (tertiary/aromatic N) is 1. The lowest BCUT2D eigenvalue weighted by atomic mass is 10.1. The fourth-order valence-electron chi connectivity index (χ4n) is 2.05. The molecular formula is C16H15F2NO. The van der Waals surface area contributed by atoms with Gasteiger partial charge in [0.15, 0.2) is 11.6 Å². The Labute approximate surface area is 116 Å². The van der Waals surface area contributed by atoms with E-state index in [-0.39, 0.29) is 5.91 Å². The highest BCUT2D eigenvalue weighted by molar-refractivity contribution is 6.06. The summed E-state index contributed by atoms with van der Waals surface area (Å²) in [4.78, 5) is 13.9. The van der Waals surface area contributed by atoms with Gasteiger partial charge in [0.25, 0.3) is 5.91 Å². The molecule has 0 radical (unpaired) electrons. The van der Waals surface area contributed by atoms with Crippen molar-refractivity contribution >= 4 is 11.6 Å². The number of carbonyl (C=O) groups excluding carboxylic acids is 1. The molecule has 0 aliphatic heterocycles. The molecule has 0 aromatic heterocycles. The number of amides is 1. The summed E-state index contributed by atoms with van der Waals surface area (Å²) in [5, 5.41) is 0. The van der Waals surface area contributed by atoms with Crippen LogP contribution < -0.4 is 4.90 Å². The summed E-state index contributed by atoms with van der Waals surface area (Å²) >= 11 is 0. The summed E-state index contributed by atoms with van der Waals surface area (Å²) in [7, 11) is 0. The first-order valence-electron chi connectivity index (χ1n) is 6.37. The summed E-state index contributed by atoms with van der Waals surface area (Å²) in [5.41, 5.74) is 1.75. The predicted molar refractivity (Wildman–Crippen MR) is 74.9 cm³/mol. The number of anilines is 1. The fraction of sp³-hybridized carbons (Fsp3) is 0.188. The van der Waals surface area contributed by atoms with Gasteiger partial charge in [0.05, 0.1) is 0 Å². The van der Waals surface area contributed by atoms with Crippen molar-refractivity contribution in [3.8, 4) is 0 Å². The smallest absolute Gasteiger partial charge is 0.258 e. The van der Waals surface area contributed by atoms with E-state index in [1.54, 1.807) is 19.1 Å². The number of rotatable bonds is 3. The van der Waals surface area contributed by atoms with E-state index in [0.29, 0.717) is 17.8 Å². The molecule has 1 amide bonds. The first kappa shape index (κ1) is 14.2. The molecule has 104 valence electrons. The van der Waals surface area contributed by atoms with Crippen LogP contribution in [0.4, 0.5) is 14.5 Å². The molecule has 0 bridgehead atoms. The maximum Gasteiger partial charge on any atom is 0.258 e. The molecule has 2 aromatic rings. The van der Waals surface area contributed by atoms with Crippen molar-refractivity contribution < 1.29 is 13.6 Å². The second-order valence-electron chi connectivity index (χ2n) is 4.46. The van der Waals surface area contributed by atoms with Crippen molar-refractivity contribution in [1.82, 2.24) is 0 Å². The lowest BCUT2D eigenvalue weighted by Crippen LogP contribution is -2.31. The van der Waals surface area contributed by atoms with Gasteiger partial charge in [0.2, 0.25) is 0 Å². The highest BCUT2D eigenvalue weighted by Gasteiger charge is 2.18. The second-order valence-corrected chi connectivity index (χ2v) is 4.46. The van der Waals surface area contributed by atoms with Gasteiger partial charge in [0.1, 0.15) is 0 Å². The Morgan fingerprint density at radius 2 is 1.80 bits per heavy atom. The molecule has 0 unspecified atom stereocenters. The SMILES string of the molecule is CCN(C(=O)c1ccccc1C)c1ccc(F)c(F)c1. The zero-order valence-electron chi connectivity index (χ0n) is 11.4. The van der Waals surface area contributed by atoms with Crippen molar-refractivity contribution in [1.29, 1.82) is 0 Å². The van der Waals surface area contributed by atoms with E-state index >= 15 is 0 Å². The van der Waals surface area contributed by atoms with Gasteiger partial charge in [0, 0.05) is 23.9 Å². The fourth-order valence-corrected chi connectivity index (χ4v) is 2.05. The minimum Gasteiger partial charge on any atom is -0.309 e. The van der Waals surface area contributed by atoms with E-state index in [2.05, 4.69) is 0 Å². The predicted octanol–water partition coefficient (Wildman–Crippen LogP) is 3.94. The third kappa shape index (κ3) is 2.69. The van der Waals surface area contributed by atoms with Crippen LogP contribution in [-0.4, -0.2) is 12.5 Å². The molecule has 0 saturated carbocycles. The van der Waals surface area contributed by atoms with Gasteiger partial charge in [-0.1, -0.05) is 18.2 Å². The number of aryl methyl sites for hydroxylation is 1. The number of benzene rings is 2. The quantitative estimate of drug-likeness (QED) is 0.830. The standard InChI is InChI=1S/C16H15F2NO/c1-3-19(12-8-9-14(17)15(18)10-12)16(20)13-7-5-4-6-11(13)2/h4-10H,3H2,1-2H3. The monoisotopic (exact) mass is 275 g/mol. The van der Waals surface area contributed by atoms with Crippen LogP contribution in [-0.2, 0) is 0 Å². The Morgan fingerprint density at radius 1 is 1.10 bits per heavy atom. The van der Waals surface area contributed by atoms with Crippen LogP contribution in [0, 0.1) is 18.6 Å². The van der Waals surface area contributed by atoms with E-state index in [1.165, 1.54) is 11.0 Å². The summed E-state index contributed by atoms with van der Waals surface area (Å²) in [6, 6.07) is 10.7. The topological polar surface area (TPSA) is 20.3 Å². The molecule has 20 heavy (non-hydrogen) atoms. The van der Waals surface area contributed by atoms with Crippen molar-refractivity contribution in [2.45, 2.75) is 13.8 Å². The molecule has 4 heteroatoms. The van der Waals surface area contributed by atoms with E-state index in [0.717, 1.165) is 17.7 Å². The summed E-state index contributed by atoms with van der Waals surface area (Å²) in [6.45, 7) is 4.00. The maximum absolute atomic E-state index is 13.3. The average Bonchev–Trinajstić information content (AvgIpc) is 2.44. The molecule has 2 aromatic carbocycles. The Morgan fingerprint density at radius 3 is 2.40 bits per heavy atom. The van der Waals surface area contributed by atoms with Crippen LogP contribution in [0.3, 0.4) is 0 Å². The number of halogens is 2. The van der Waals surface area contributed by atoms with E-state index in [9.17, 15) is 13.6 Å². The molecule has 0 N–H and O–H groups in total. The van der Waals surface area contributed by atoms with Crippen LogP contribution in [0.2, 0.25) is 0 Å². The van der Waals surface area contributed by atoms with Crippen molar-refractivity contribution in [2.75, 3.05) is 11.4 Å². The van der Waals surface area contributed by atoms with Crippen LogP contribution in [0.5, 0.6) is 0 Å². The lowest BCUT2D eigenvalue weighted by molar-refractivity contribution is 0.0987. The van der Waals surface area contributed by atoms with Crippen LogP contribution >= 0.6 is 0 Å². The average molecular weight is 275 g/mol. The Kier molecular flexibility index (Phi) is 4.13. The first-order valence-corrected chi connectivity index (χ1v) is 6.37.